The van der Waals surface area contributed by atoms with Gasteiger partial charge in [-0.1, -0.05) is 6.07 Å². The van der Waals surface area contributed by atoms with Gasteiger partial charge in [0.25, 0.3) is 0 Å². The molecule has 0 bridgehead atoms. The molecule has 1 aromatic carbocycles. The number of hydrogen-bond acceptors (Lipinski definition) is 4. The third-order valence-electron chi connectivity index (χ3n) is 3.35. The molecule has 1 heterocycles. The van der Waals surface area contributed by atoms with Crippen LogP contribution in [0.25, 0.3) is 0 Å². The summed E-state index contributed by atoms with van der Waals surface area (Å²) < 4.78 is 25.2. The van der Waals surface area contributed by atoms with Crippen molar-refractivity contribution in [3.05, 3.63) is 24.3 Å². The lowest BCUT2D eigenvalue weighted by molar-refractivity contribution is -0.116. The van der Waals surface area contributed by atoms with Crippen molar-refractivity contribution in [1.29, 1.82) is 0 Å². The average molecular weight is 311 g/mol. The fourth-order valence-electron chi connectivity index (χ4n) is 2.32. The standard InChI is InChI=1S/C14H21N3O3S/c1-15-8-3-7-14(18)16-12-5-2-6-13(11-12)17-9-4-10-21(17,19)20/h2,5-6,11,15H,3-4,7-10H2,1H3,(H,16,18). The second-order valence-corrected chi connectivity index (χ2v) is 7.06. The van der Waals surface area contributed by atoms with Gasteiger partial charge in [-0.3, -0.25) is 9.10 Å². The highest BCUT2D eigenvalue weighted by Gasteiger charge is 2.28. The van der Waals surface area contributed by atoms with Gasteiger partial charge in [0, 0.05) is 18.7 Å². The second-order valence-electron chi connectivity index (χ2n) is 5.05. The van der Waals surface area contributed by atoms with Gasteiger partial charge in [0.15, 0.2) is 0 Å². The molecule has 0 radical (unpaired) electrons. The molecule has 7 heteroatoms. The zero-order valence-corrected chi connectivity index (χ0v) is 12.9. The Morgan fingerprint density at radius 1 is 1.38 bits per heavy atom. The topological polar surface area (TPSA) is 78.5 Å². The summed E-state index contributed by atoms with van der Waals surface area (Å²) in [5, 5.41) is 5.79. The Morgan fingerprint density at radius 3 is 2.86 bits per heavy atom. The summed E-state index contributed by atoms with van der Waals surface area (Å²) in [6, 6.07) is 6.98. The lowest BCUT2D eigenvalue weighted by Gasteiger charge is -2.17. The molecule has 0 aliphatic carbocycles. The Hall–Kier alpha value is -1.60. The zero-order valence-electron chi connectivity index (χ0n) is 12.1. The van der Waals surface area contributed by atoms with Gasteiger partial charge in [-0.15, -0.1) is 0 Å². The van der Waals surface area contributed by atoms with E-state index in [0.717, 1.165) is 13.0 Å². The number of rotatable bonds is 6. The van der Waals surface area contributed by atoms with E-state index in [2.05, 4.69) is 10.6 Å². The lowest BCUT2D eigenvalue weighted by Crippen LogP contribution is -2.25. The predicted molar refractivity (Wildman–Crippen MR) is 84.0 cm³/mol. The number of amides is 1. The van der Waals surface area contributed by atoms with Crippen LogP contribution in [0.5, 0.6) is 0 Å². The van der Waals surface area contributed by atoms with E-state index in [-0.39, 0.29) is 11.7 Å². The molecule has 1 aromatic rings. The number of carbonyl (C=O) groups excluding carboxylic acids is 1. The van der Waals surface area contributed by atoms with E-state index in [0.29, 0.717) is 30.8 Å². The molecule has 1 fully saturated rings. The van der Waals surface area contributed by atoms with Crippen LogP contribution in [0.2, 0.25) is 0 Å². The first kappa shape index (κ1) is 15.8. The van der Waals surface area contributed by atoms with E-state index in [4.69, 9.17) is 0 Å². The monoisotopic (exact) mass is 311 g/mol. The van der Waals surface area contributed by atoms with Crippen LogP contribution in [-0.2, 0) is 14.8 Å². The van der Waals surface area contributed by atoms with Crippen molar-refractivity contribution < 1.29 is 13.2 Å². The van der Waals surface area contributed by atoms with E-state index in [1.54, 1.807) is 24.3 Å². The van der Waals surface area contributed by atoms with Gasteiger partial charge in [0.2, 0.25) is 15.9 Å². The maximum absolute atomic E-state index is 11.9. The fourth-order valence-corrected chi connectivity index (χ4v) is 3.87. The molecule has 6 nitrogen and oxygen atoms in total. The van der Waals surface area contributed by atoms with Gasteiger partial charge in [-0.05, 0) is 44.6 Å². The molecule has 2 N–H and O–H groups in total. The summed E-state index contributed by atoms with van der Waals surface area (Å²) in [7, 11) is -1.35. The summed E-state index contributed by atoms with van der Waals surface area (Å²) in [4.78, 5) is 11.8. The van der Waals surface area contributed by atoms with Crippen molar-refractivity contribution in [2.45, 2.75) is 19.3 Å². The third-order valence-corrected chi connectivity index (χ3v) is 5.22. The highest BCUT2D eigenvalue weighted by atomic mass is 32.2. The van der Waals surface area contributed by atoms with Crippen molar-refractivity contribution in [2.24, 2.45) is 0 Å². The molecule has 2 rings (SSSR count). The van der Waals surface area contributed by atoms with E-state index in [1.807, 2.05) is 7.05 Å². The molecule has 0 unspecified atom stereocenters. The number of nitrogens with one attached hydrogen (secondary N) is 2. The molecule has 0 atom stereocenters. The van der Waals surface area contributed by atoms with E-state index in [9.17, 15) is 13.2 Å². The van der Waals surface area contributed by atoms with Gasteiger partial charge in [-0.25, -0.2) is 8.42 Å². The second kappa shape index (κ2) is 6.91. The number of nitrogens with zero attached hydrogens (tertiary/aromatic N) is 1. The minimum absolute atomic E-state index is 0.0633. The first-order chi connectivity index (χ1) is 10.0. The van der Waals surface area contributed by atoms with Gasteiger partial charge < -0.3 is 10.6 Å². The number of anilines is 2. The smallest absolute Gasteiger partial charge is 0.235 e. The molecule has 0 saturated carbocycles. The fraction of sp³-hybridized carbons (Fsp3) is 0.500. The summed E-state index contributed by atoms with van der Waals surface area (Å²) in [6.07, 6.45) is 1.85. The van der Waals surface area contributed by atoms with Gasteiger partial charge in [0.1, 0.15) is 0 Å². The Morgan fingerprint density at radius 2 is 2.19 bits per heavy atom. The Bertz CT molecular complexity index is 601. The minimum atomic E-state index is -3.19. The summed E-state index contributed by atoms with van der Waals surface area (Å²) in [6.45, 7) is 1.29. The summed E-state index contributed by atoms with van der Waals surface area (Å²) in [5.41, 5.74) is 1.24. The van der Waals surface area contributed by atoms with Crippen LogP contribution >= 0.6 is 0 Å². The Balaban J connectivity index is 2.03. The number of hydrogen-bond donors (Lipinski definition) is 2. The van der Waals surface area contributed by atoms with E-state index < -0.39 is 10.0 Å². The van der Waals surface area contributed by atoms with Crippen molar-refractivity contribution in [1.82, 2.24) is 5.32 Å². The van der Waals surface area contributed by atoms with Crippen LogP contribution in [0.15, 0.2) is 24.3 Å². The molecule has 0 spiro atoms. The Labute approximate surface area is 125 Å². The SMILES string of the molecule is CNCCCC(=O)Nc1cccc(N2CCCS2(=O)=O)c1. The largest absolute Gasteiger partial charge is 0.326 e. The minimum Gasteiger partial charge on any atom is -0.326 e. The highest BCUT2D eigenvalue weighted by molar-refractivity contribution is 7.93. The van der Waals surface area contributed by atoms with Gasteiger partial charge >= 0.3 is 0 Å². The lowest BCUT2D eigenvalue weighted by atomic mass is 10.2. The normalized spacial score (nSPS) is 16.9. The van der Waals surface area contributed by atoms with Crippen molar-refractivity contribution in [3.63, 3.8) is 0 Å². The van der Waals surface area contributed by atoms with Crippen LogP contribution in [0.1, 0.15) is 19.3 Å². The quantitative estimate of drug-likeness (QED) is 0.773. The summed E-state index contributed by atoms with van der Waals surface area (Å²) in [5.74, 6) is 0.125. The Kier molecular flexibility index (Phi) is 5.19. The predicted octanol–water partition coefficient (Wildman–Crippen LogP) is 1.16. The molecule has 21 heavy (non-hydrogen) atoms. The molecular formula is C14H21N3O3S. The van der Waals surface area contributed by atoms with Crippen LogP contribution in [0.4, 0.5) is 11.4 Å². The van der Waals surface area contributed by atoms with Crippen molar-refractivity contribution >= 4 is 27.3 Å². The van der Waals surface area contributed by atoms with Crippen molar-refractivity contribution in [2.75, 3.05) is 35.5 Å². The first-order valence-electron chi connectivity index (χ1n) is 7.08. The molecule has 1 aliphatic heterocycles. The number of carbonyl (C=O) groups is 1. The van der Waals surface area contributed by atoms with Gasteiger partial charge in [-0.2, -0.15) is 0 Å². The van der Waals surface area contributed by atoms with Crippen molar-refractivity contribution in [3.8, 4) is 0 Å². The third kappa shape index (κ3) is 4.18. The van der Waals surface area contributed by atoms with E-state index >= 15 is 0 Å². The van der Waals surface area contributed by atoms with E-state index in [1.165, 1.54) is 4.31 Å². The van der Waals surface area contributed by atoms with Crippen LogP contribution in [0, 0.1) is 0 Å². The number of benzene rings is 1. The average Bonchev–Trinajstić information content (AvgIpc) is 2.79. The van der Waals surface area contributed by atoms with Crippen LogP contribution < -0.4 is 14.9 Å². The molecule has 0 aromatic heterocycles. The maximum atomic E-state index is 11.9. The highest BCUT2D eigenvalue weighted by Crippen LogP contribution is 2.26. The maximum Gasteiger partial charge on any atom is 0.235 e. The summed E-state index contributed by atoms with van der Waals surface area (Å²) >= 11 is 0. The zero-order chi connectivity index (χ0) is 15.3. The molecule has 1 saturated heterocycles. The molecule has 1 amide bonds. The first-order valence-corrected chi connectivity index (χ1v) is 8.69. The molecule has 116 valence electrons. The number of sulfonamides is 1. The molecule has 1 aliphatic rings. The molecular weight excluding hydrogens is 290 g/mol. The van der Waals surface area contributed by atoms with Gasteiger partial charge in [0.05, 0.1) is 11.4 Å². The van der Waals surface area contributed by atoms with Crippen LogP contribution in [0.3, 0.4) is 0 Å². The van der Waals surface area contributed by atoms with Crippen LogP contribution in [-0.4, -0.2) is 40.2 Å².